The third kappa shape index (κ3) is 16.7. The smallest absolute Gasteiger partial charge is 0.341 e. The quantitative estimate of drug-likeness (QED) is 0.103. The molecule has 0 bridgehead atoms. The van der Waals surface area contributed by atoms with Crippen LogP contribution in [0.3, 0.4) is 0 Å². The van der Waals surface area contributed by atoms with Gasteiger partial charge in [-0.05, 0) is 12.8 Å². The zero-order valence-corrected chi connectivity index (χ0v) is 24.4. The molecule has 0 amide bonds. The van der Waals surface area contributed by atoms with Crippen LogP contribution < -0.4 is 0 Å². The SMILES string of the molecule is CCCCCCCCCCCCN1CCN(CCCCCCCCCCCC)C1=NP(=O)(O)OC. The summed E-state index contributed by atoms with van der Waals surface area (Å²) in [6.07, 6.45) is 26.3. The normalized spacial score (nSPS) is 15.7. The fourth-order valence-electron chi connectivity index (χ4n) is 4.93. The fraction of sp³-hybridized carbons (Fsp3) is 0.964. The Balaban J connectivity index is 2.28. The number of nitrogens with zero attached hydrogens (tertiary/aromatic N) is 3. The monoisotopic (exact) mass is 515 g/mol. The molecule has 1 fully saturated rings. The second-order valence-electron chi connectivity index (χ2n) is 10.4. The molecule has 0 aliphatic carbocycles. The molecule has 7 heteroatoms. The molecule has 1 rings (SSSR count). The highest BCUT2D eigenvalue weighted by Crippen LogP contribution is 2.43. The van der Waals surface area contributed by atoms with Crippen LogP contribution in [0.1, 0.15) is 142 Å². The lowest BCUT2D eigenvalue weighted by atomic mass is 10.1. The van der Waals surface area contributed by atoms with Crippen LogP contribution in [0, 0.1) is 0 Å². The first-order valence-corrected chi connectivity index (χ1v) is 16.6. The minimum Gasteiger partial charge on any atom is -0.341 e. The van der Waals surface area contributed by atoms with Gasteiger partial charge in [-0.2, -0.15) is 0 Å². The second kappa shape index (κ2) is 21.5. The van der Waals surface area contributed by atoms with Crippen molar-refractivity contribution in [1.82, 2.24) is 9.80 Å². The van der Waals surface area contributed by atoms with E-state index in [9.17, 15) is 9.46 Å². The molecular weight excluding hydrogens is 457 g/mol. The third-order valence-electron chi connectivity index (χ3n) is 7.22. The summed E-state index contributed by atoms with van der Waals surface area (Å²) in [5.41, 5.74) is 0. The van der Waals surface area contributed by atoms with Crippen molar-refractivity contribution in [2.24, 2.45) is 4.76 Å². The molecule has 208 valence electrons. The molecule has 1 unspecified atom stereocenters. The molecule has 0 aromatic carbocycles. The van der Waals surface area contributed by atoms with Gasteiger partial charge in [-0.3, -0.25) is 4.52 Å². The van der Waals surface area contributed by atoms with Gasteiger partial charge in [0.25, 0.3) is 0 Å². The maximum absolute atomic E-state index is 12.2. The third-order valence-corrected chi connectivity index (χ3v) is 8.13. The van der Waals surface area contributed by atoms with Gasteiger partial charge in [0, 0.05) is 33.3 Å². The summed E-state index contributed by atoms with van der Waals surface area (Å²) in [6.45, 7) is 8.13. The van der Waals surface area contributed by atoms with E-state index in [-0.39, 0.29) is 0 Å². The van der Waals surface area contributed by atoms with Crippen molar-refractivity contribution in [3.8, 4) is 0 Å². The average Bonchev–Trinajstić information content (AvgIpc) is 3.22. The zero-order chi connectivity index (χ0) is 25.6. The predicted octanol–water partition coefficient (Wildman–Crippen LogP) is 8.55. The van der Waals surface area contributed by atoms with E-state index in [1.54, 1.807) is 0 Å². The minimum absolute atomic E-state index is 0.671. The van der Waals surface area contributed by atoms with Crippen molar-refractivity contribution in [1.29, 1.82) is 0 Å². The van der Waals surface area contributed by atoms with Gasteiger partial charge in [-0.25, -0.2) is 4.57 Å². The van der Waals surface area contributed by atoms with Crippen molar-refractivity contribution in [2.45, 2.75) is 142 Å². The van der Waals surface area contributed by atoms with Gasteiger partial charge in [-0.1, -0.05) is 129 Å². The van der Waals surface area contributed by atoms with E-state index in [0.717, 1.165) is 39.0 Å². The van der Waals surface area contributed by atoms with Crippen molar-refractivity contribution < 1.29 is 14.0 Å². The predicted molar refractivity (Wildman–Crippen MR) is 151 cm³/mol. The van der Waals surface area contributed by atoms with E-state index in [1.165, 1.54) is 123 Å². The Morgan fingerprint density at radius 1 is 0.657 bits per heavy atom. The van der Waals surface area contributed by atoms with E-state index in [0.29, 0.717) is 5.96 Å². The number of guanidine groups is 1. The van der Waals surface area contributed by atoms with Crippen LogP contribution >= 0.6 is 7.75 Å². The lowest BCUT2D eigenvalue weighted by Gasteiger charge is -2.24. The van der Waals surface area contributed by atoms with Crippen molar-refractivity contribution in [3.63, 3.8) is 0 Å². The Kier molecular flexibility index (Phi) is 19.9. The highest BCUT2D eigenvalue weighted by molar-refractivity contribution is 7.51. The van der Waals surface area contributed by atoms with Gasteiger partial charge in [-0.15, -0.1) is 4.76 Å². The summed E-state index contributed by atoms with van der Waals surface area (Å²) in [6, 6.07) is 0. The maximum atomic E-state index is 12.2. The molecule has 0 aromatic heterocycles. The van der Waals surface area contributed by atoms with Crippen molar-refractivity contribution >= 4 is 13.7 Å². The maximum Gasteiger partial charge on any atom is 0.454 e. The van der Waals surface area contributed by atoms with E-state index < -0.39 is 7.75 Å². The first kappa shape index (κ1) is 32.4. The number of hydrogen-bond acceptors (Lipinski definition) is 2. The highest BCUT2D eigenvalue weighted by Gasteiger charge is 2.29. The lowest BCUT2D eigenvalue weighted by Crippen LogP contribution is -2.34. The molecule has 35 heavy (non-hydrogen) atoms. The Bertz CT molecular complexity index is 540. The van der Waals surface area contributed by atoms with Crippen molar-refractivity contribution in [2.75, 3.05) is 33.3 Å². The summed E-state index contributed by atoms with van der Waals surface area (Å²) >= 11 is 0. The zero-order valence-electron chi connectivity index (χ0n) is 23.5. The van der Waals surface area contributed by atoms with Crippen LogP contribution in [0.15, 0.2) is 4.76 Å². The second-order valence-corrected chi connectivity index (χ2v) is 12.0. The lowest BCUT2D eigenvalue weighted by molar-refractivity contribution is 0.315. The van der Waals surface area contributed by atoms with E-state index in [4.69, 9.17) is 4.52 Å². The summed E-state index contributed by atoms with van der Waals surface area (Å²) in [5, 5.41) is 0. The molecule has 1 atom stereocenters. The van der Waals surface area contributed by atoms with Gasteiger partial charge in [0.2, 0.25) is 5.96 Å². The molecule has 0 aromatic rings. The van der Waals surface area contributed by atoms with Gasteiger partial charge in [0.1, 0.15) is 0 Å². The van der Waals surface area contributed by atoms with Gasteiger partial charge in [0.05, 0.1) is 0 Å². The summed E-state index contributed by atoms with van der Waals surface area (Å²) < 4.78 is 21.2. The molecule has 6 nitrogen and oxygen atoms in total. The number of hydrogen-bond donors (Lipinski definition) is 1. The summed E-state index contributed by atoms with van der Waals surface area (Å²) in [5.74, 6) is 0.671. The van der Waals surface area contributed by atoms with Crippen LogP contribution in [0.2, 0.25) is 0 Å². The van der Waals surface area contributed by atoms with Gasteiger partial charge >= 0.3 is 7.75 Å². The van der Waals surface area contributed by atoms with Crippen LogP contribution in [0.25, 0.3) is 0 Å². The Morgan fingerprint density at radius 3 is 1.29 bits per heavy atom. The van der Waals surface area contributed by atoms with Crippen LogP contribution in [0.5, 0.6) is 0 Å². The molecule has 0 saturated carbocycles. The van der Waals surface area contributed by atoms with E-state index >= 15 is 0 Å². The fourth-order valence-corrected chi connectivity index (χ4v) is 5.49. The molecule has 1 saturated heterocycles. The molecule has 1 aliphatic rings. The molecular formula is C28H58N3O3P. The first-order valence-electron chi connectivity index (χ1n) is 15.0. The topological polar surface area (TPSA) is 65.4 Å². The van der Waals surface area contributed by atoms with Gasteiger partial charge < -0.3 is 14.7 Å². The first-order chi connectivity index (χ1) is 17.0. The molecule has 1 aliphatic heterocycles. The summed E-state index contributed by atoms with van der Waals surface area (Å²) in [4.78, 5) is 14.4. The minimum atomic E-state index is -3.92. The van der Waals surface area contributed by atoms with E-state index in [2.05, 4.69) is 28.4 Å². The highest BCUT2D eigenvalue weighted by atomic mass is 31.2. The molecule has 1 N–H and O–H groups in total. The summed E-state index contributed by atoms with van der Waals surface area (Å²) in [7, 11) is -2.66. The average molecular weight is 516 g/mol. The van der Waals surface area contributed by atoms with Crippen LogP contribution in [-0.4, -0.2) is 53.9 Å². The van der Waals surface area contributed by atoms with Crippen molar-refractivity contribution in [3.05, 3.63) is 0 Å². The molecule has 0 radical (unpaired) electrons. The largest absolute Gasteiger partial charge is 0.454 e. The molecule has 0 spiro atoms. The Morgan fingerprint density at radius 2 is 0.971 bits per heavy atom. The van der Waals surface area contributed by atoms with Crippen LogP contribution in [0.4, 0.5) is 0 Å². The number of rotatable bonds is 24. The van der Waals surface area contributed by atoms with Crippen LogP contribution in [-0.2, 0) is 9.09 Å². The number of unbranched alkanes of at least 4 members (excludes halogenated alkanes) is 18. The standard InChI is InChI=1S/C28H58N3O3P/c1-4-6-8-10-12-14-16-18-20-22-24-30-26-27-31(28(30)29-35(32,33)34-3)25-23-21-19-17-15-13-11-9-7-5-2/h4-27H2,1-3H3,(H,32,33). The van der Waals surface area contributed by atoms with E-state index in [1.807, 2.05) is 0 Å². The molecule has 1 heterocycles. The van der Waals surface area contributed by atoms with Gasteiger partial charge in [0.15, 0.2) is 0 Å². The Labute approximate surface area is 217 Å². The Hall–Kier alpha value is -0.580.